The lowest BCUT2D eigenvalue weighted by Crippen LogP contribution is -2.58. The molecule has 0 radical (unpaired) electrons. The zero-order chi connectivity index (χ0) is 21.1. The molecule has 1 aliphatic heterocycles. The molecule has 29 heavy (non-hydrogen) atoms. The zero-order valence-electron chi connectivity index (χ0n) is 16.2. The minimum atomic E-state index is -0.595. The monoisotopic (exact) mass is 405 g/mol. The summed E-state index contributed by atoms with van der Waals surface area (Å²) < 4.78 is 14.3. The van der Waals surface area contributed by atoms with Gasteiger partial charge >= 0.3 is 0 Å². The Morgan fingerprint density at radius 2 is 1.97 bits per heavy atom. The predicted molar refractivity (Wildman–Crippen MR) is 107 cm³/mol. The Balaban J connectivity index is 1.78. The number of hydrogen-bond acceptors (Lipinski definition) is 7. The number of hydrogen-bond donors (Lipinski definition) is 5. The van der Waals surface area contributed by atoms with Crippen LogP contribution in [0.2, 0.25) is 0 Å². The second-order valence-corrected chi connectivity index (χ2v) is 7.64. The Kier molecular flexibility index (Phi) is 6.60. The summed E-state index contributed by atoms with van der Waals surface area (Å²) in [5.41, 5.74) is 10.8. The van der Waals surface area contributed by atoms with Crippen LogP contribution in [0.3, 0.4) is 0 Å². The highest BCUT2D eigenvalue weighted by molar-refractivity contribution is 5.95. The Morgan fingerprint density at radius 3 is 2.62 bits per heavy atom. The third kappa shape index (κ3) is 4.62. The number of benzene rings is 1. The lowest BCUT2D eigenvalue weighted by Gasteiger charge is -2.36. The summed E-state index contributed by atoms with van der Waals surface area (Å²) in [7, 11) is 0. The fourth-order valence-corrected chi connectivity index (χ4v) is 3.92. The first-order valence-electron chi connectivity index (χ1n) is 9.67. The molecule has 1 unspecified atom stereocenters. The molecule has 1 heterocycles. The molecule has 1 aromatic rings. The minimum absolute atomic E-state index is 0.00674. The summed E-state index contributed by atoms with van der Waals surface area (Å²) in [4.78, 5) is 24.5. The van der Waals surface area contributed by atoms with Crippen molar-refractivity contribution in [1.82, 2.24) is 10.4 Å². The smallest absolute Gasteiger partial charge is 0.261 e. The van der Waals surface area contributed by atoms with Crippen molar-refractivity contribution in [2.75, 3.05) is 18.1 Å². The first-order valence-corrected chi connectivity index (χ1v) is 9.67. The third-order valence-corrected chi connectivity index (χ3v) is 5.59. The normalized spacial score (nSPS) is 18.9. The number of nitrogens with two attached hydrogens (primary N) is 4. The Bertz CT molecular complexity index is 823. The van der Waals surface area contributed by atoms with Crippen molar-refractivity contribution in [2.24, 2.45) is 29.2 Å². The van der Waals surface area contributed by atoms with E-state index in [2.05, 4.69) is 5.43 Å². The van der Waals surface area contributed by atoms with Crippen LogP contribution >= 0.6 is 0 Å². The van der Waals surface area contributed by atoms with Gasteiger partial charge in [0.25, 0.3) is 5.91 Å². The number of rotatable bonds is 6. The van der Waals surface area contributed by atoms with Crippen LogP contribution in [0.5, 0.6) is 0 Å². The molecule has 2 amide bonds. The number of amides is 2. The lowest BCUT2D eigenvalue weighted by molar-refractivity contribution is -0.127. The van der Waals surface area contributed by atoms with Gasteiger partial charge in [0.15, 0.2) is 0 Å². The SMILES string of the molecule is NNC(=O)C1=C(C(N)Cc2ccc(F)c(N(N)C(=O)C3CN(N)C3)c2)CCCC1. The molecule has 1 atom stereocenters. The van der Waals surface area contributed by atoms with Gasteiger partial charge in [0.2, 0.25) is 5.91 Å². The maximum Gasteiger partial charge on any atom is 0.261 e. The van der Waals surface area contributed by atoms with Crippen LogP contribution < -0.4 is 33.7 Å². The molecule has 3 rings (SSSR count). The highest BCUT2D eigenvalue weighted by atomic mass is 19.1. The van der Waals surface area contributed by atoms with E-state index >= 15 is 0 Å². The fourth-order valence-electron chi connectivity index (χ4n) is 3.92. The molecule has 1 aromatic carbocycles. The Morgan fingerprint density at radius 1 is 1.28 bits per heavy atom. The van der Waals surface area contributed by atoms with E-state index in [1.54, 1.807) is 6.07 Å². The van der Waals surface area contributed by atoms with Crippen molar-refractivity contribution in [2.45, 2.75) is 38.1 Å². The summed E-state index contributed by atoms with van der Waals surface area (Å²) in [6, 6.07) is 3.98. The second-order valence-electron chi connectivity index (χ2n) is 7.64. The average Bonchev–Trinajstić information content (AvgIpc) is 2.71. The molecule has 1 fully saturated rings. The first-order chi connectivity index (χ1) is 13.8. The van der Waals surface area contributed by atoms with Crippen molar-refractivity contribution in [3.63, 3.8) is 0 Å². The van der Waals surface area contributed by atoms with Crippen LogP contribution in [0.4, 0.5) is 10.1 Å². The van der Waals surface area contributed by atoms with Crippen LogP contribution in [-0.2, 0) is 16.0 Å². The molecule has 9 N–H and O–H groups in total. The molecule has 9 nitrogen and oxygen atoms in total. The van der Waals surface area contributed by atoms with Crippen LogP contribution in [0.25, 0.3) is 0 Å². The van der Waals surface area contributed by atoms with Crippen molar-refractivity contribution >= 4 is 17.5 Å². The highest BCUT2D eigenvalue weighted by Crippen LogP contribution is 2.29. The van der Waals surface area contributed by atoms with Gasteiger partial charge in [-0.1, -0.05) is 6.07 Å². The van der Waals surface area contributed by atoms with E-state index in [9.17, 15) is 14.0 Å². The molecule has 1 aliphatic carbocycles. The summed E-state index contributed by atoms with van der Waals surface area (Å²) in [6.07, 6.45) is 3.59. The maximum absolute atomic E-state index is 14.3. The fraction of sp³-hybridized carbons (Fsp3) is 0.474. The number of carbonyl (C=O) groups is 2. The third-order valence-electron chi connectivity index (χ3n) is 5.59. The van der Waals surface area contributed by atoms with Crippen molar-refractivity contribution in [3.05, 3.63) is 40.7 Å². The minimum Gasteiger partial charge on any atom is -0.324 e. The number of nitrogens with one attached hydrogen (secondary N) is 1. The van der Waals surface area contributed by atoms with Gasteiger partial charge in [-0.05, 0) is 55.4 Å². The van der Waals surface area contributed by atoms with Crippen LogP contribution in [-0.4, -0.2) is 36.0 Å². The summed E-state index contributed by atoms with van der Waals surface area (Å²) in [6.45, 7) is 0.776. The van der Waals surface area contributed by atoms with Crippen LogP contribution in [0, 0.1) is 11.7 Å². The van der Waals surface area contributed by atoms with Gasteiger partial charge in [0, 0.05) is 24.7 Å². The van der Waals surface area contributed by atoms with Gasteiger partial charge in [-0.25, -0.2) is 26.1 Å². The van der Waals surface area contributed by atoms with Gasteiger partial charge in [-0.15, -0.1) is 0 Å². The van der Waals surface area contributed by atoms with E-state index in [1.807, 2.05) is 0 Å². The van der Waals surface area contributed by atoms with Gasteiger partial charge < -0.3 is 5.73 Å². The molecule has 158 valence electrons. The van der Waals surface area contributed by atoms with E-state index in [4.69, 9.17) is 23.3 Å². The molecule has 0 bridgehead atoms. The Hall–Kier alpha value is -2.37. The number of halogens is 1. The molecule has 0 spiro atoms. The molecule has 0 aromatic heterocycles. The standard InChI is InChI=1S/C19H28FN7O2/c20-15-6-5-11(8-17(15)27(24)19(29)12-9-26(23)10-12)7-16(21)13-3-1-2-4-14(13)18(28)25-22/h5-6,8,12,16H,1-4,7,9-10,21-24H2,(H,25,28). The largest absolute Gasteiger partial charge is 0.324 e. The van der Waals surface area contributed by atoms with E-state index in [-0.39, 0.29) is 23.4 Å². The van der Waals surface area contributed by atoms with E-state index < -0.39 is 11.9 Å². The number of anilines is 1. The number of hydrazine groups is 3. The summed E-state index contributed by atoms with van der Waals surface area (Å²) in [5.74, 6) is 15.1. The molecule has 10 heteroatoms. The van der Waals surface area contributed by atoms with Crippen molar-refractivity contribution in [1.29, 1.82) is 0 Å². The summed E-state index contributed by atoms with van der Waals surface area (Å²) in [5, 5.41) is 2.34. The second kappa shape index (κ2) is 8.97. The van der Waals surface area contributed by atoms with Gasteiger partial charge in [-0.2, -0.15) is 0 Å². The van der Waals surface area contributed by atoms with Gasteiger partial charge in [-0.3, -0.25) is 20.9 Å². The molecule has 0 saturated carbocycles. The summed E-state index contributed by atoms with van der Waals surface area (Å²) >= 11 is 0. The average molecular weight is 405 g/mol. The lowest BCUT2D eigenvalue weighted by atomic mass is 9.85. The molecule has 1 saturated heterocycles. The quantitative estimate of drug-likeness (QED) is 0.244. The predicted octanol–water partition coefficient (Wildman–Crippen LogP) is -0.432. The highest BCUT2D eigenvalue weighted by Gasteiger charge is 2.34. The molecular formula is C19H28FN7O2. The van der Waals surface area contributed by atoms with E-state index in [0.717, 1.165) is 35.4 Å². The van der Waals surface area contributed by atoms with E-state index in [0.29, 0.717) is 31.5 Å². The van der Waals surface area contributed by atoms with Gasteiger partial charge in [0.1, 0.15) is 5.82 Å². The topological polar surface area (TPSA) is 157 Å². The first kappa shape index (κ1) is 21.3. The van der Waals surface area contributed by atoms with Crippen LogP contribution in [0.15, 0.2) is 29.3 Å². The van der Waals surface area contributed by atoms with E-state index in [1.165, 1.54) is 17.1 Å². The number of carbonyl (C=O) groups excluding carboxylic acids is 2. The van der Waals surface area contributed by atoms with Crippen molar-refractivity contribution < 1.29 is 14.0 Å². The maximum atomic E-state index is 14.3. The molecule has 2 aliphatic rings. The van der Waals surface area contributed by atoms with Crippen LogP contribution in [0.1, 0.15) is 31.2 Å². The molecular weight excluding hydrogens is 377 g/mol. The Labute approximate surface area is 168 Å². The van der Waals surface area contributed by atoms with Gasteiger partial charge in [0.05, 0.1) is 11.6 Å². The number of nitrogens with zero attached hydrogens (tertiary/aromatic N) is 2. The zero-order valence-corrected chi connectivity index (χ0v) is 16.2. The van der Waals surface area contributed by atoms with Crippen molar-refractivity contribution in [3.8, 4) is 0 Å².